The first-order valence-electron chi connectivity index (χ1n) is 8.85. The zero-order valence-corrected chi connectivity index (χ0v) is 15.8. The highest BCUT2D eigenvalue weighted by Crippen LogP contribution is 2.44. The van der Waals surface area contributed by atoms with Gasteiger partial charge in [-0.3, -0.25) is 9.59 Å². The van der Waals surface area contributed by atoms with E-state index in [4.69, 9.17) is 18.9 Å². The lowest BCUT2D eigenvalue weighted by molar-refractivity contribution is -0.155. The molecule has 0 saturated carbocycles. The highest BCUT2D eigenvalue weighted by Gasteiger charge is 2.55. The molecule has 0 amide bonds. The summed E-state index contributed by atoms with van der Waals surface area (Å²) in [5.74, 6) is -1.92. The minimum atomic E-state index is -1.20. The molecule has 7 heteroatoms. The van der Waals surface area contributed by atoms with Crippen molar-refractivity contribution in [2.24, 2.45) is 11.8 Å². The average Bonchev–Trinajstić information content (AvgIpc) is 3.05. The van der Waals surface area contributed by atoms with Crippen molar-refractivity contribution >= 4 is 17.7 Å². The van der Waals surface area contributed by atoms with Crippen molar-refractivity contribution in [3.63, 3.8) is 0 Å². The van der Waals surface area contributed by atoms with Crippen LogP contribution in [0.5, 0.6) is 0 Å². The molecule has 3 rings (SSSR count). The fraction of sp³-hybridized carbons (Fsp3) is 0.550. The second kappa shape index (κ2) is 6.96. The Morgan fingerprint density at radius 3 is 2.74 bits per heavy atom. The molecule has 0 unspecified atom stereocenters. The van der Waals surface area contributed by atoms with Gasteiger partial charge in [0.2, 0.25) is 5.78 Å². The van der Waals surface area contributed by atoms with E-state index in [2.05, 4.69) is 13.2 Å². The largest absolute Gasteiger partial charge is 0.479 e. The standard InChI is InChI=1S/C20H24O7/c1-10(2)18(22)26-15-8-20(4)16(21)7-13(27-20)11(3)6-14-17(15)12(9-24-5)19(23)25-14/h7,12,14-15,17H,1,3,6,8-9H2,2,4-5H3/t12-,14+,15-,17-,20-/m1/s1. The van der Waals surface area contributed by atoms with E-state index in [0.717, 1.165) is 0 Å². The van der Waals surface area contributed by atoms with Crippen molar-refractivity contribution in [3.05, 3.63) is 36.1 Å². The molecule has 2 fully saturated rings. The molecule has 146 valence electrons. The first-order chi connectivity index (χ1) is 12.7. The molecule has 2 bridgehead atoms. The molecule has 0 aliphatic carbocycles. The molecule has 5 atom stereocenters. The van der Waals surface area contributed by atoms with Gasteiger partial charge >= 0.3 is 11.9 Å². The third-order valence-electron chi connectivity index (χ3n) is 5.35. The zero-order chi connectivity index (χ0) is 19.9. The van der Waals surface area contributed by atoms with Gasteiger partial charge in [0, 0.05) is 37.5 Å². The number of rotatable bonds is 4. The molecule has 0 radical (unpaired) electrons. The quantitative estimate of drug-likeness (QED) is 0.547. The SMILES string of the molecule is C=C(C)C(=O)O[C@@H]1C[C@@]2(C)OC(=CC2=O)C(=C)C[C@@H]2OC(=O)[C@H](COC)[C@H]21. The maximum atomic E-state index is 12.5. The van der Waals surface area contributed by atoms with Crippen LogP contribution in [0.25, 0.3) is 0 Å². The van der Waals surface area contributed by atoms with Gasteiger partial charge in [0.05, 0.1) is 12.5 Å². The van der Waals surface area contributed by atoms with Crippen LogP contribution in [0.1, 0.15) is 26.7 Å². The Morgan fingerprint density at radius 2 is 2.11 bits per heavy atom. The Bertz CT molecular complexity index is 749. The molecule has 2 saturated heterocycles. The molecule has 0 N–H and O–H groups in total. The summed E-state index contributed by atoms with van der Waals surface area (Å²) in [5.41, 5.74) is -0.400. The number of ether oxygens (including phenoxy) is 4. The lowest BCUT2D eigenvalue weighted by atomic mass is 9.78. The minimum absolute atomic E-state index is 0.0934. The van der Waals surface area contributed by atoms with Gasteiger partial charge in [-0.25, -0.2) is 4.79 Å². The molecule has 0 aromatic carbocycles. The van der Waals surface area contributed by atoms with Crippen molar-refractivity contribution in [1.82, 2.24) is 0 Å². The van der Waals surface area contributed by atoms with Gasteiger partial charge in [0.25, 0.3) is 0 Å². The summed E-state index contributed by atoms with van der Waals surface area (Å²) < 4.78 is 22.3. The maximum absolute atomic E-state index is 12.5. The molecular weight excluding hydrogens is 352 g/mol. The van der Waals surface area contributed by atoms with Crippen molar-refractivity contribution in [2.75, 3.05) is 13.7 Å². The highest BCUT2D eigenvalue weighted by atomic mass is 16.6. The fourth-order valence-corrected chi connectivity index (χ4v) is 3.90. The number of hydrogen-bond donors (Lipinski definition) is 0. The van der Waals surface area contributed by atoms with Gasteiger partial charge in [0.1, 0.15) is 18.0 Å². The topological polar surface area (TPSA) is 88.1 Å². The van der Waals surface area contributed by atoms with E-state index in [9.17, 15) is 14.4 Å². The summed E-state index contributed by atoms with van der Waals surface area (Å²) in [5, 5.41) is 0. The smallest absolute Gasteiger partial charge is 0.333 e. The molecule has 3 aliphatic rings. The highest BCUT2D eigenvalue weighted by molar-refractivity contribution is 6.00. The number of carbonyl (C=O) groups excluding carboxylic acids is 3. The van der Waals surface area contributed by atoms with Gasteiger partial charge in [-0.2, -0.15) is 0 Å². The number of ketones is 1. The van der Waals surface area contributed by atoms with Crippen LogP contribution < -0.4 is 0 Å². The van der Waals surface area contributed by atoms with Gasteiger partial charge in [-0.05, 0) is 19.4 Å². The molecule has 0 aromatic heterocycles. The van der Waals surface area contributed by atoms with Crippen LogP contribution in [0, 0.1) is 11.8 Å². The van der Waals surface area contributed by atoms with Crippen LogP contribution >= 0.6 is 0 Å². The lowest BCUT2D eigenvalue weighted by Crippen LogP contribution is -2.45. The molecule has 0 spiro atoms. The Labute approximate surface area is 158 Å². The Kier molecular flexibility index (Phi) is 4.99. The van der Waals surface area contributed by atoms with E-state index in [-0.39, 0.29) is 30.8 Å². The Hall–Kier alpha value is -2.41. The number of methoxy groups -OCH3 is 1. The number of esters is 2. The van der Waals surface area contributed by atoms with Crippen LogP contribution in [0.2, 0.25) is 0 Å². The molecular formula is C20H24O7. The van der Waals surface area contributed by atoms with E-state index in [1.54, 1.807) is 13.8 Å². The third-order valence-corrected chi connectivity index (χ3v) is 5.35. The van der Waals surface area contributed by atoms with Gasteiger partial charge in [0.15, 0.2) is 5.60 Å². The summed E-state index contributed by atoms with van der Waals surface area (Å²) in [4.78, 5) is 37.2. The van der Waals surface area contributed by atoms with Crippen molar-refractivity contribution in [1.29, 1.82) is 0 Å². The van der Waals surface area contributed by atoms with E-state index < -0.39 is 41.6 Å². The third kappa shape index (κ3) is 3.43. The molecule has 7 nitrogen and oxygen atoms in total. The summed E-state index contributed by atoms with van der Waals surface area (Å²) >= 11 is 0. The molecule has 0 aromatic rings. The van der Waals surface area contributed by atoms with E-state index in [1.807, 2.05) is 0 Å². The lowest BCUT2D eigenvalue weighted by Gasteiger charge is -2.33. The number of allylic oxidation sites excluding steroid dienone is 1. The van der Waals surface area contributed by atoms with Crippen molar-refractivity contribution in [2.45, 2.75) is 44.5 Å². The average molecular weight is 376 g/mol. The van der Waals surface area contributed by atoms with Crippen LogP contribution in [-0.2, 0) is 33.3 Å². The summed E-state index contributed by atoms with van der Waals surface area (Å²) in [6.45, 7) is 10.9. The second-order valence-corrected chi connectivity index (χ2v) is 7.56. The predicted octanol–water partition coefficient (Wildman–Crippen LogP) is 1.87. The van der Waals surface area contributed by atoms with E-state index >= 15 is 0 Å². The van der Waals surface area contributed by atoms with Crippen LogP contribution in [0.15, 0.2) is 36.1 Å². The Balaban J connectivity index is 2.03. The van der Waals surface area contributed by atoms with Crippen molar-refractivity contribution in [3.8, 4) is 0 Å². The van der Waals surface area contributed by atoms with E-state index in [1.165, 1.54) is 13.2 Å². The number of hydrogen-bond acceptors (Lipinski definition) is 7. The monoisotopic (exact) mass is 376 g/mol. The summed E-state index contributed by atoms with van der Waals surface area (Å²) in [6.07, 6.45) is 0.460. The summed E-state index contributed by atoms with van der Waals surface area (Å²) in [7, 11) is 1.49. The fourth-order valence-electron chi connectivity index (χ4n) is 3.90. The van der Waals surface area contributed by atoms with Crippen LogP contribution in [-0.4, -0.2) is 49.2 Å². The maximum Gasteiger partial charge on any atom is 0.333 e. The van der Waals surface area contributed by atoms with Crippen molar-refractivity contribution < 1.29 is 33.3 Å². The number of carbonyl (C=O) groups is 3. The minimum Gasteiger partial charge on any atom is -0.479 e. The molecule has 3 aliphatic heterocycles. The van der Waals surface area contributed by atoms with Gasteiger partial charge in [-0.15, -0.1) is 0 Å². The predicted molar refractivity (Wildman–Crippen MR) is 94.4 cm³/mol. The van der Waals surface area contributed by atoms with Gasteiger partial charge in [-0.1, -0.05) is 13.2 Å². The zero-order valence-electron chi connectivity index (χ0n) is 15.8. The second-order valence-electron chi connectivity index (χ2n) is 7.56. The Morgan fingerprint density at radius 1 is 1.41 bits per heavy atom. The molecule has 3 heterocycles. The van der Waals surface area contributed by atoms with Crippen LogP contribution in [0.4, 0.5) is 0 Å². The first-order valence-corrected chi connectivity index (χ1v) is 8.85. The van der Waals surface area contributed by atoms with E-state index in [0.29, 0.717) is 11.3 Å². The first kappa shape index (κ1) is 19.4. The normalized spacial score (nSPS) is 35.2. The summed E-state index contributed by atoms with van der Waals surface area (Å²) in [6, 6.07) is 0. The number of fused-ring (bicyclic) bond motifs is 3. The molecule has 27 heavy (non-hydrogen) atoms. The van der Waals surface area contributed by atoms with Crippen LogP contribution in [0.3, 0.4) is 0 Å². The van der Waals surface area contributed by atoms with Gasteiger partial charge < -0.3 is 18.9 Å².